The summed E-state index contributed by atoms with van der Waals surface area (Å²) in [7, 11) is 1.59. The summed E-state index contributed by atoms with van der Waals surface area (Å²) in [6.45, 7) is 1.64. The van der Waals surface area contributed by atoms with Crippen LogP contribution >= 0.6 is 0 Å². The molecule has 9 heteroatoms. The third kappa shape index (κ3) is 2.69. The van der Waals surface area contributed by atoms with Crippen LogP contribution in [-0.4, -0.2) is 20.6 Å². The molecule has 9 nitrogen and oxygen atoms in total. The Morgan fingerprint density at radius 1 is 1.43 bits per heavy atom. The molecule has 0 aliphatic rings. The predicted molar refractivity (Wildman–Crippen MR) is 73.7 cm³/mol. The average molecular weight is 287 g/mol. The van der Waals surface area contributed by atoms with Gasteiger partial charge in [0, 0.05) is 24.7 Å². The number of non-ortho nitro benzene ring substituents is 1. The van der Waals surface area contributed by atoms with Crippen molar-refractivity contribution in [2.24, 2.45) is 7.05 Å². The van der Waals surface area contributed by atoms with Crippen LogP contribution in [0.1, 0.15) is 16.1 Å². The number of rotatable bonds is 3. The van der Waals surface area contributed by atoms with Crippen molar-refractivity contribution < 1.29 is 9.72 Å². The van der Waals surface area contributed by atoms with E-state index in [4.69, 9.17) is 5.39 Å². The number of nitro groups is 1. The highest BCUT2D eigenvalue weighted by Gasteiger charge is 2.26. The zero-order chi connectivity index (χ0) is 15.6. The number of carbonyl (C=O) groups excluding carboxylic acids is 1. The molecular weight excluding hydrogens is 276 g/mol. The Labute approximate surface area is 119 Å². The van der Waals surface area contributed by atoms with Gasteiger partial charge in [-0.1, -0.05) is 0 Å². The van der Waals surface area contributed by atoms with E-state index in [2.05, 4.69) is 15.4 Å². The van der Waals surface area contributed by atoms with E-state index in [1.807, 2.05) is 0 Å². The van der Waals surface area contributed by atoms with Crippen LogP contribution in [0.4, 0.5) is 17.2 Å². The van der Waals surface area contributed by atoms with Gasteiger partial charge in [0.15, 0.2) is 10.7 Å². The van der Waals surface area contributed by atoms with Crippen molar-refractivity contribution in [3.05, 3.63) is 50.6 Å². The van der Waals surface area contributed by atoms with Crippen LogP contribution in [0.25, 0.3) is 4.98 Å². The lowest BCUT2D eigenvalue weighted by Gasteiger charge is -2.03. The van der Waals surface area contributed by atoms with Crippen LogP contribution < -0.4 is 5.32 Å². The molecule has 1 aromatic heterocycles. The van der Waals surface area contributed by atoms with Crippen molar-refractivity contribution in [3.63, 3.8) is 0 Å². The average Bonchev–Trinajstić information content (AvgIpc) is 2.72. The molecule has 2 rings (SSSR count). The van der Waals surface area contributed by atoms with Crippen molar-refractivity contribution in [3.8, 4) is 0 Å². The van der Waals surface area contributed by atoms with E-state index in [1.54, 1.807) is 14.0 Å². The number of nitrogens with one attached hydrogen (secondary N) is 1. The largest absolute Gasteiger partial charge is 0.449 e. The Bertz CT molecular complexity index is 757. The highest BCUT2D eigenvalue weighted by atomic mass is 16.6. The fourth-order valence-electron chi connectivity index (χ4n) is 1.82. The standard InChI is InChI=1S/C12H10N6O3/c1-7-10(15-13)11(17(2)16-7)14-12(19)8-3-5-9(6-4-8)18(20)21/h3-6H,1-2H3/p+1. The van der Waals surface area contributed by atoms with Gasteiger partial charge in [-0.3, -0.25) is 20.2 Å². The Morgan fingerprint density at radius 2 is 2.05 bits per heavy atom. The van der Waals surface area contributed by atoms with E-state index in [0.29, 0.717) is 5.69 Å². The monoisotopic (exact) mass is 287 g/mol. The summed E-state index contributed by atoms with van der Waals surface area (Å²) in [5.74, 6) is -0.254. The number of hydrogen-bond donors (Lipinski definition) is 1. The Balaban J connectivity index is 2.26. The van der Waals surface area contributed by atoms with Crippen LogP contribution in [-0.2, 0) is 7.05 Å². The highest BCUT2D eigenvalue weighted by Crippen LogP contribution is 2.28. The molecule has 1 N–H and O–H groups in total. The predicted octanol–water partition coefficient (Wildman–Crippen LogP) is 2.37. The molecule has 0 saturated heterocycles. The molecule has 1 heterocycles. The second-order valence-corrected chi connectivity index (χ2v) is 4.26. The molecule has 0 unspecified atom stereocenters. The van der Waals surface area contributed by atoms with Gasteiger partial charge in [-0.2, -0.15) is 5.10 Å². The van der Waals surface area contributed by atoms with Crippen LogP contribution in [0.5, 0.6) is 0 Å². The number of hydrogen-bond acceptors (Lipinski definition) is 5. The highest BCUT2D eigenvalue weighted by molar-refractivity contribution is 6.05. The van der Waals surface area contributed by atoms with Gasteiger partial charge in [-0.15, -0.1) is 0 Å². The van der Waals surface area contributed by atoms with Crippen molar-refractivity contribution >= 4 is 23.1 Å². The van der Waals surface area contributed by atoms with Gasteiger partial charge in [0.2, 0.25) is 11.2 Å². The van der Waals surface area contributed by atoms with Gasteiger partial charge in [0.05, 0.1) is 4.92 Å². The van der Waals surface area contributed by atoms with E-state index >= 15 is 0 Å². The number of diazo groups is 1. The normalized spacial score (nSPS) is 9.95. The van der Waals surface area contributed by atoms with E-state index in [9.17, 15) is 14.9 Å². The number of carbonyl (C=O) groups is 1. The Hall–Kier alpha value is -3.28. The van der Waals surface area contributed by atoms with Gasteiger partial charge in [0.1, 0.15) is 0 Å². The fraction of sp³-hybridized carbons (Fsp3) is 0.167. The fourth-order valence-corrected chi connectivity index (χ4v) is 1.82. The number of nitrogens with zero attached hydrogens (tertiary/aromatic N) is 5. The molecule has 0 aliphatic carbocycles. The lowest BCUT2D eigenvalue weighted by molar-refractivity contribution is -0.384. The first-order valence-electron chi connectivity index (χ1n) is 5.88. The number of aromatic nitrogens is 2. The smallest absolute Gasteiger partial charge is 0.300 e. The minimum Gasteiger partial charge on any atom is -0.300 e. The molecule has 106 valence electrons. The third-order valence-corrected chi connectivity index (χ3v) is 2.86. The van der Waals surface area contributed by atoms with E-state index in [1.165, 1.54) is 28.9 Å². The maximum atomic E-state index is 12.1. The topological polar surface area (TPSA) is 118 Å². The minimum atomic E-state index is -0.547. The zero-order valence-corrected chi connectivity index (χ0v) is 11.3. The lowest BCUT2D eigenvalue weighted by atomic mass is 10.2. The lowest BCUT2D eigenvalue weighted by Crippen LogP contribution is -2.14. The summed E-state index contributed by atoms with van der Waals surface area (Å²) in [4.78, 5) is 25.2. The molecule has 21 heavy (non-hydrogen) atoms. The Morgan fingerprint density at radius 3 is 2.57 bits per heavy atom. The first kappa shape index (κ1) is 14.1. The summed E-state index contributed by atoms with van der Waals surface area (Å²) in [5.41, 5.74) is 0.754. The van der Waals surface area contributed by atoms with Crippen molar-refractivity contribution in [2.75, 3.05) is 5.32 Å². The van der Waals surface area contributed by atoms with Crippen molar-refractivity contribution in [2.45, 2.75) is 6.92 Å². The second kappa shape index (κ2) is 5.38. The quantitative estimate of drug-likeness (QED) is 0.528. The molecule has 0 aliphatic heterocycles. The third-order valence-electron chi connectivity index (χ3n) is 2.86. The molecule has 2 aromatic rings. The Kier molecular flexibility index (Phi) is 3.62. The first-order chi connectivity index (χ1) is 9.93. The second-order valence-electron chi connectivity index (χ2n) is 4.26. The van der Waals surface area contributed by atoms with Crippen molar-refractivity contribution in [1.82, 2.24) is 9.78 Å². The minimum absolute atomic E-state index is 0.103. The molecule has 0 radical (unpaired) electrons. The molecule has 0 spiro atoms. The SMILES string of the molecule is Cc1nn(C)c(NC(=O)c2ccc([N+](=O)[O-])cc2)c1[N+]#N. The van der Waals surface area contributed by atoms with Crippen molar-refractivity contribution in [1.29, 1.82) is 5.39 Å². The summed E-state index contributed by atoms with van der Waals surface area (Å²) in [6, 6.07) is 5.15. The van der Waals surface area contributed by atoms with Crippen LogP contribution in [0.15, 0.2) is 24.3 Å². The molecule has 0 saturated carbocycles. The van der Waals surface area contributed by atoms with Gasteiger partial charge < -0.3 is 0 Å². The molecule has 1 amide bonds. The van der Waals surface area contributed by atoms with E-state index in [0.717, 1.165) is 0 Å². The molecule has 1 aromatic carbocycles. The summed E-state index contributed by atoms with van der Waals surface area (Å²) >= 11 is 0. The number of aryl methyl sites for hydroxylation is 2. The number of benzene rings is 1. The molecular formula is C12H11N6O3+. The van der Waals surface area contributed by atoms with E-state index in [-0.39, 0.29) is 22.8 Å². The number of anilines is 1. The van der Waals surface area contributed by atoms with Gasteiger partial charge in [0.25, 0.3) is 11.6 Å². The van der Waals surface area contributed by atoms with Gasteiger partial charge in [-0.25, -0.2) is 4.68 Å². The maximum absolute atomic E-state index is 12.1. The first-order valence-corrected chi connectivity index (χ1v) is 5.88. The summed E-state index contributed by atoms with van der Waals surface area (Å²) < 4.78 is 1.37. The zero-order valence-electron chi connectivity index (χ0n) is 11.3. The molecule has 0 bridgehead atoms. The van der Waals surface area contributed by atoms with Gasteiger partial charge in [-0.05, 0) is 19.1 Å². The maximum Gasteiger partial charge on any atom is 0.449 e. The number of amides is 1. The summed E-state index contributed by atoms with van der Waals surface area (Å²) in [5, 5.41) is 26.1. The van der Waals surface area contributed by atoms with Gasteiger partial charge >= 0.3 is 5.69 Å². The van der Waals surface area contributed by atoms with Crippen LogP contribution in [0, 0.1) is 22.4 Å². The number of nitro benzene ring substituents is 1. The summed E-state index contributed by atoms with van der Waals surface area (Å²) in [6.07, 6.45) is 0. The van der Waals surface area contributed by atoms with E-state index < -0.39 is 10.8 Å². The van der Waals surface area contributed by atoms with Crippen LogP contribution in [0.2, 0.25) is 0 Å². The van der Waals surface area contributed by atoms with Crippen LogP contribution in [0.3, 0.4) is 0 Å². The molecule has 0 atom stereocenters. The molecule has 0 fully saturated rings.